The van der Waals surface area contributed by atoms with Gasteiger partial charge in [0.2, 0.25) is 5.91 Å². The van der Waals surface area contributed by atoms with Crippen LogP contribution in [0, 0.1) is 0 Å². The number of rotatable bonds is 9. The summed E-state index contributed by atoms with van der Waals surface area (Å²) in [6.07, 6.45) is 2.46. The van der Waals surface area contributed by atoms with Gasteiger partial charge in [-0.15, -0.1) is 0 Å². The molecular weight excluding hydrogens is 414 g/mol. The molecule has 4 rings (SSSR count). The summed E-state index contributed by atoms with van der Waals surface area (Å²) >= 11 is 0. The van der Waals surface area contributed by atoms with Crippen LogP contribution < -0.4 is 15.8 Å². The average molecular weight is 444 g/mol. The van der Waals surface area contributed by atoms with E-state index in [0.717, 1.165) is 42.6 Å². The highest BCUT2D eigenvalue weighted by atomic mass is 16.5. The van der Waals surface area contributed by atoms with Crippen molar-refractivity contribution in [3.05, 3.63) is 95.6 Å². The second-order valence-electron chi connectivity index (χ2n) is 8.29. The van der Waals surface area contributed by atoms with Gasteiger partial charge < -0.3 is 15.8 Å². The summed E-state index contributed by atoms with van der Waals surface area (Å²) in [7, 11) is 0. The number of nitrogens with two attached hydrogens (primary N) is 1. The number of primary amides is 1. The molecular formula is C27H29N3O3. The fraction of sp³-hybridized carbons (Fsp3) is 0.259. The second kappa shape index (κ2) is 10.8. The minimum Gasteiger partial charge on any atom is -0.483 e. The van der Waals surface area contributed by atoms with Gasteiger partial charge >= 0.3 is 0 Å². The number of benzene rings is 3. The zero-order valence-electron chi connectivity index (χ0n) is 18.6. The Labute approximate surface area is 194 Å². The Morgan fingerprint density at radius 3 is 2.42 bits per heavy atom. The maximum absolute atomic E-state index is 12.7. The fourth-order valence-corrected chi connectivity index (χ4v) is 4.27. The van der Waals surface area contributed by atoms with Gasteiger partial charge in [0.15, 0.2) is 6.61 Å². The lowest BCUT2D eigenvalue weighted by Gasteiger charge is -2.23. The summed E-state index contributed by atoms with van der Waals surface area (Å²) in [6, 6.07) is 25.3. The van der Waals surface area contributed by atoms with Gasteiger partial charge in [0.25, 0.3) is 5.91 Å². The first-order valence-electron chi connectivity index (χ1n) is 11.3. The molecule has 2 amide bonds. The van der Waals surface area contributed by atoms with Crippen LogP contribution in [0.2, 0.25) is 0 Å². The molecule has 170 valence electrons. The lowest BCUT2D eigenvalue weighted by Crippen LogP contribution is -2.39. The Morgan fingerprint density at radius 2 is 1.64 bits per heavy atom. The van der Waals surface area contributed by atoms with Crippen molar-refractivity contribution < 1.29 is 14.3 Å². The minimum atomic E-state index is -0.295. The molecule has 0 aliphatic carbocycles. The van der Waals surface area contributed by atoms with E-state index in [1.54, 1.807) is 0 Å². The number of anilines is 1. The number of carbonyl (C=O) groups excluding carboxylic acids is 2. The molecule has 3 aromatic carbocycles. The van der Waals surface area contributed by atoms with Gasteiger partial charge in [0, 0.05) is 18.7 Å². The first kappa shape index (κ1) is 22.6. The van der Waals surface area contributed by atoms with E-state index in [-0.39, 0.29) is 24.5 Å². The first-order chi connectivity index (χ1) is 16.1. The predicted octanol–water partition coefficient (Wildman–Crippen LogP) is 3.74. The molecule has 0 saturated carbocycles. The van der Waals surface area contributed by atoms with Gasteiger partial charge in [-0.2, -0.15) is 0 Å². The summed E-state index contributed by atoms with van der Waals surface area (Å²) in [6.45, 7) is 1.29. The van der Waals surface area contributed by atoms with E-state index in [9.17, 15) is 9.59 Å². The summed E-state index contributed by atoms with van der Waals surface area (Å²) < 4.78 is 5.88. The molecule has 6 heteroatoms. The molecule has 1 unspecified atom stereocenters. The Balaban J connectivity index is 1.38. The Kier molecular flexibility index (Phi) is 7.37. The number of likely N-dealkylation sites (tertiary alicyclic amines) is 1. The fourth-order valence-electron chi connectivity index (χ4n) is 4.27. The minimum absolute atomic E-state index is 0.0895. The lowest BCUT2D eigenvalue weighted by atomic mass is 10.0. The van der Waals surface area contributed by atoms with Crippen LogP contribution in [-0.4, -0.2) is 35.9 Å². The van der Waals surface area contributed by atoms with Crippen molar-refractivity contribution in [3.8, 4) is 5.75 Å². The molecule has 0 spiro atoms. The van der Waals surface area contributed by atoms with Crippen LogP contribution in [0.3, 0.4) is 0 Å². The number of nitrogens with one attached hydrogen (secondary N) is 1. The van der Waals surface area contributed by atoms with E-state index >= 15 is 0 Å². The molecule has 33 heavy (non-hydrogen) atoms. The average Bonchev–Trinajstić information content (AvgIpc) is 3.29. The van der Waals surface area contributed by atoms with Crippen LogP contribution in [-0.2, 0) is 22.6 Å². The maximum atomic E-state index is 12.7. The maximum Gasteiger partial charge on any atom is 0.262 e. The Hall–Kier alpha value is -3.64. The van der Waals surface area contributed by atoms with Crippen molar-refractivity contribution in [2.24, 2.45) is 5.73 Å². The molecule has 3 aromatic rings. The van der Waals surface area contributed by atoms with Gasteiger partial charge in [-0.05, 0) is 48.2 Å². The predicted molar refractivity (Wildman–Crippen MR) is 129 cm³/mol. The van der Waals surface area contributed by atoms with E-state index in [2.05, 4.69) is 22.3 Å². The molecule has 3 N–H and O–H groups in total. The van der Waals surface area contributed by atoms with Crippen molar-refractivity contribution in [3.63, 3.8) is 0 Å². The van der Waals surface area contributed by atoms with Crippen molar-refractivity contribution >= 4 is 17.5 Å². The number of hydrogen-bond donors (Lipinski definition) is 2. The molecule has 0 bridgehead atoms. The van der Waals surface area contributed by atoms with Crippen LogP contribution in [0.1, 0.15) is 29.5 Å². The molecule has 1 aliphatic heterocycles. The molecule has 1 atom stereocenters. The number of amides is 2. The van der Waals surface area contributed by atoms with Crippen LogP contribution in [0.15, 0.2) is 78.9 Å². The summed E-state index contributed by atoms with van der Waals surface area (Å²) in [5, 5.41) is 2.96. The SMILES string of the molecule is NC(=O)C1CCCN1Cc1ccccc1NC(=O)COc1ccccc1Cc1ccccc1. The number of carbonyl (C=O) groups is 2. The van der Waals surface area contributed by atoms with E-state index in [1.807, 2.05) is 66.7 Å². The van der Waals surface area contributed by atoms with Crippen molar-refractivity contribution in [2.75, 3.05) is 18.5 Å². The van der Waals surface area contributed by atoms with Gasteiger partial charge in [-0.1, -0.05) is 66.7 Å². The topological polar surface area (TPSA) is 84.7 Å². The van der Waals surface area contributed by atoms with Crippen LogP contribution in [0.5, 0.6) is 5.75 Å². The monoisotopic (exact) mass is 443 g/mol. The van der Waals surface area contributed by atoms with E-state index < -0.39 is 0 Å². The molecule has 6 nitrogen and oxygen atoms in total. The number of para-hydroxylation sites is 2. The molecule has 1 saturated heterocycles. The van der Waals surface area contributed by atoms with Gasteiger partial charge in [-0.25, -0.2) is 0 Å². The smallest absolute Gasteiger partial charge is 0.262 e. The van der Waals surface area contributed by atoms with Gasteiger partial charge in [-0.3, -0.25) is 14.5 Å². The van der Waals surface area contributed by atoms with Crippen LogP contribution in [0.25, 0.3) is 0 Å². The van der Waals surface area contributed by atoms with Crippen LogP contribution in [0.4, 0.5) is 5.69 Å². The van der Waals surface area contributed by atoms with Gasteiger partial charge in [0.05, 0.1) is 6.04 Å². The summed E-state index contributed by atoms with van der Waals surface area (Å²) in [5.74, 6) is 0.174. The van der Waals surface area contributed by atoms with E-state index in [0.29, 0.717) is 12.3 Å². The number of nitrogens with zero attached hydrogens (tertiary/aromatic N) is 1. The summed E-state index contributed by atoms with van der Waals surface area (Å²) in [4.78, 5) is 26.5. The van der Waals surface area contributed by atoms with Crippen molar-refractivity contribution in [1.29, 1.82) is 0 Å². The highest BCUT2D eigenvalue weighted by Crippen LogP contribution is 2.24. The van der Waals surface area contributed by atoms with Gasteiger partial charge in [0.1, 0.15) is 5.75 Å². The number of hydrogen-bond acceptors (Lipinski definition) is 4. The van der Waals surface area contributed by atoms with Crippen molar-refractivity contribution in [1.82, 2.24) is 4.90 Å². The molecule has 1 fully saturated rings. The third kappa shape index (κ3) is 5.99. The standard InChI is InChI=1S/C27H29N3O3/c28-27(32)24-14-8-16-30(24)18-22-12-4-6-13-23(22)29-26(31)19-33-25-15-7-5-11-21(25)17-20-9-2-1-3-10-20/h1-7,9-13,15,24H,8,14,16-19H2,(H2,28,32)(H,29,31). The largest absolute Gasteiger partial charge is 0.483 e. The summed E-state index contributed by atoms with van der Waals surface area (Å²) in [5.41, 5.74) is 9.43. The Morgan fingerprint density at radius 1 is 0.939 bits per heavy atom. The molecule has 1 aliphatic rings. The second-order valence-corrected chi connectivity index (χ2v) is 8.29. The third-order valence-electron chi connectivity index (χ3n) is 5.93. The molecule has 1 heterocycles. The van der Waals surface area contributed by atoms with Crippen molar-refractivity contribution in [2.45, 2.75) is 31.8 Å². The zero-order valence-corrected chi connectivity index (χ0v) is 18.6. The first-order valence-corrected chi connectivity index (χ1v) is 11.3. The van der Waals surface area contributed by atoms with E-state index in [1.165, 1.54) is 5.56 Å². The zero-order chi connectivity index (χ0) is 23.0. The Bertz CT molecular complexity index is 1100. The number of ether oxygens (including phenoxy) is 1. The molecule has 0 aromatic heterocycles. The lowest BCUT2D eigenvalue weighted by molar-refractivity contribution is -0.122. The third-order valence-corrected chi connectivity index (χ3v) is 5.93. The normalized spacial score (nSPS) is 15.8. The van der Waals surface area contributed by atoms with E-state index in [4.69, 9.17) is 10.5 Å². The molecule has 0 radical (unpaired) electrons. The quantitative estimate of drug-likeness (QED) is 0.528. The highest BCUT2D eigenvalue weighted by molar-refractivity contribution is 5.92. The van der Waals surface area contributed by atoms with Crippen LogP contribution >= 0.6 is 0 Å². The highest BCUT2D eigenvalue weighted by Gasteiger charge is 2.29.